The number of rotatable bonds is 2. The Morgan fingerprint density at radius 2 is 2.33 bits per heavy atom. The number of aromatic nitrogens is 2. The molecule has 2 rings (SSSR count). The normalized spacial score (nSPS) is 28.2. The monoisotopic (exact) mass is 210 g/mol. The SMILES string of the molecule is Cc1nonc1CN1CCC(C)C(N)C1. The van der Waals surface area contributed by atoms with E-state index < -0.39 is 0 Å². The zero-order valence-corrected chi connectivity index (χ0v) is 9.31. The molecule has 1 fully saturated rings. The maximum Gasteiger partial charge on any atom is 0.122 e. The van der Waals surface area contributed by atoms with E-state index in [9.17, 15) is 0 Å². The molecule has 5 heteroatoms. The minimum Gasteiger partial charge on any atom is -0.326 e. The molecule has 1 aliphatic heterocycles. The van der Waals surface area contributed by atoms with Crippen LogP contribution in [-0.4, -0.2) is 34.3 Å². The fourth-order valence-electron chi connectivity index (χ4n) is 1.92. The molecule has 2 heterocycles. The lowest BCUT2D eigenvalue weighted by Gasteiger charge is -2.34. The van der Waals surface area contributed by atoms with Crippen molar-refractivity contribution in [3.8, 4) is 0 Å². The summed E-state index contributed by atoms with van der Waals surface area (Å²) in [5.41, 5.74) is 7.84. The van der Waals surface area contributed by atoms with Gasteiger partial charge in [-0.1, -0.05) is 17.2 Å². The van der Waals surface area contributed by atoms with Crippen molar-refractivity contribution in [2.75, 3.05) is 13.1 Å². The lowest BCUT2D eigenvalue weighted by molar-refractivity contribution is 0.158. The van der Waals surface area contributed by atoms with Crippen molar-refractivity contribution in [1.82, 2.24) is 15.2 Å². The van der Waals surface area contributed by atoms with Gasteiger partial charge in [-0.25, -0.2) is 4.63 Å². The van der Waals surface area contributed by atoms with Crippen LogP contribution in [0.5, 0.6) is 0 Å². The summed E-state index contributed by atoms with van der Waals surface area (Å²) in [7, 11) is 0. The van der Waals surface area contributed by atoms with Crippen molar-refractivity contribution in [2.24, 2.45) is 11.7 Å². The number of nitrogens with zero attached hydrogens (tertiary/aromatic N) is 3. The van der Waals surface area contributed by atoms with E-state index >= 15 is 0 Å². The van der Waals surface area contributed by atoms with Crippen molar-refractivity contribution in [2.45, 2.75) is 32.9 Å². The maximum atomic E-state index is 6.03. The van der Waals surface area contributed by atoms with Crippen LogP contribution in [0.25, 0.3) is 0 Å². The summed E-state index contributed by atoms with van der Waals surface area (Å²) in [5.74, 6) is 0.623. The molecular weight excluding hydrogens is 192 g/mol. The first-order valence-electron chi connectivity index (χ1n) is 5.43. The van der Waals surface area contributed by atoms with Gasteiger partial charge < -0.3 is 5.73 Å². The smallest absolute Gasteiger partial charge is 0.122 e. The van der Waals surface area contributed by atoms with Crippen LogP contribution in [0.2, 0.25) is 0 Å². The van der Waals surface area contributed by atoms with Crippen LogP contribution in [0.1, 0.15) is 24.7 Å². The Hall–Kier alpha value is -0.940. The standard InChI is InChI=1S/C10H18N4O/c1-7-3-4-14(5-9(7)11)6-10-8(2)12-15-13-10/h7,9H,3-6,11H2,1-2H3. The minimum atomic E-state index is 0.277. The van der Waals surface area contributed by atoms with Crippen molar-refractivity contribution in [3.05, 3.63) is 11.4 Å². The molecule has 0 bridgehead atoms. The number of hydrogen-bond acceptors (Lipinski definition) is 5. The highest BCUT2D eigenvalue weighted by atomic mass is 16.6. The summed E-state index contributed by atoms with van der Waals surface area (Å²) in [6.45, 7) is 6.95. The Bertz CT molecular complexity index is 325. The van der Waals surface area contributed by atoms with Gasteiger partial charge in [-0.3, -0.25) is 4.90 Å². The van der Waals surface area contributed by atoms with Crippen LogP contribution in [-0.2, 0) is 6.54 Å². The van der Waals surface area contributed by atoms with Crippen LogP contribution in [0.3, 0.4) is 0 Å². The topological polar surface area (TPSA) is 68.2 Å². The quantitative estimate of drug-likeness (QED) is 0.772. The van der Waals surface area contributed by atoms with Gasteiger partial charge in [0.25, 0.3) is 0 Å². The van der Waals surface area contributed by atoms with E-state index in [1.807, 2.05) is 6.92 Å². The van der Waals surface area contributed by atoms with Gasteiger partial charge in [0.1, 0.15) is 11.4 Å². The van der Waals surface area contributed by atoms with E-state index in [0.29, 0.717) is 5.92 Å². The fraction of sp³-hybridized carbons (Fsp3) is 0.800. The molecule has 0 aromatic carbocycles. The van der Waals surface area contributed by atoms with Gasteiger partial charge in [-0.05, 0) is 25.8 Å². The molecule has 0 radical (unpaired) electrons. The van der Waals surface area contributed by atoms with Crippen LogP contribution in [0, 0.1) is 12.8 Å². The van der Waals surface area contributed by atoms with Gasteiger partial charge in [0, 0.05) is 19.1 Å². The third-order valence-corrected chi connectivity index (χ3v) is 3.22. The molecule has 1 aromatic heterocycles. The van der Waals surface area contributed by atoms with Gasteiger partial charge in [-0.2, -0.15) is 0 Å². The predicted octanol–water partition coefficient (Wildman–Crippen LogP) is 0.547. The zero-order valence-electron chi connectivity index (χ0n) is 9.31. The number of piperidine rings is 1. The molecule has 1 saturated heterocycles. The fourth-order valence-corrected chi connectivity index (χ4v) is 1.92. The average Bonchev–Trinajstić information content (AvgIpc) is 2.59. The summed E-state index contributed by atoms with van der Waals surface area (Å²) < 4.78 is 4.68. The lowest BCUT2D eigenvalue weighted by atomic mass is 9.94. The van der Waals surface area contributed by atoms with Gasteiger partial charge in [-0.15, -0.1) is 0 Å². The number of nitrogens with two attached hydrogens (primary N) is 1. The average molecular weight is 210 g/mol. The van der Waals surface area contributed by atoms with Crippen LogP contribution >= 0.6 is 0 Å². The molecule has 0 spiro atoms. The Morgan fingerprint density at radius 1 is 1.53 bits per heavy atom. The second-order valence-corrected chi connectivity index (χ2v) is 4.46. The number of aryl methyl sites for hydroxylation is 1. The largest absolute Gasteiger partial charge is 0.326 e. The second kappa shape index (κ2) is 4.28. The van der Waals surface area contributed by atoms with E-state index in [2.05, 4.69) is 26.8 Å². The van der Waals surface area contributed by atoms with Crippen molar-refractivity contribution >= 4 is 0 Å². The molecule has 0 aliphatic carbocycles. The van der Waals surface area contributed by atoms with Crippen molar-refractivity contribution in [1.29, 1.82) is 0 Å². The molecule has 2 unspecified atom stereocenters. The Kier molecular flexibility index (Phi) is 3.02. The Balaban J connectivity index is 1.94. The molecule has 1 aliphatic rings. The third-order valence-electron chi connectivity index (χ3n) is 3.22. The third kappa shape index (κ3) is 2.35. The number of likely N-dealkylation sites (tertiary alicyclic amines) is 1. The molecule has 84 valence electrons. The first-order chi connectivity index (χ1) is 7.16. The Labute approximate surface area is 89.6 Å². The first-order valence-corrected chi connectivity index (χ1v) is 5.43. The van der Waals surface area contributed by atoms with Crippen LogP contribution < -0.4 is 5.73 Å². The highest BCUT2D eigenvalue weighted by Crippen LogP contribution is 2.17. The van der Waals surface area contributed by atoms with Crippen molar-refractivity contribution in [3.63, 3.8) is 0 Å². The second-order valence-electron chi connectivity index (χ2n) is 4.46. The molecular formula is C10H18N4O. The molecule has 0 saturated carbocycles. The molecule has 0 amide bonds. The number of hydrogen-bond donors (Lipinski definition) is 1. The summed E-state index contributed by atoms with van der Waals surface area (Å²) in [5, 5.41) is 7.66. The highest BCUT2D eigenvalue weighted by Gasteiger charge is 2.24. The molecule has 2 N–H and O–H groups in total. The highest BCUT2D eigenvalue weighted by molar-refractivity contribution is 5.04. The van der Waals surface area contributed by atoms with E-state index in [4.69, 9.17) is 5.73 Å². The lowest BCUT2D eigenvalue weighted by Crippen LogP contribution is -2.47. The van der Waals surface area contributed by atoms with Crippen LogP contribution in [0.4, 0.5) is 0 Å². The van der Waals surface area contributed by atoms with E-state index in [1.165, 1.54) is 0 Å². The van der Waals surface area contributed by atoms with Crippen molar-refractivity contribution < 1.29 is 4.63 Å². The van der Waals surface area contributed by atoms with Gasteiger partial charge in [0.05, 0.1) is 0 Å². The summed E-state index contributed by atoms with van der Waals surface area (Å²) in [6, 6.07) is 0.277. The molecule has 2 atom stereocenters. The zero-order chi connectivity index (χ0) is 10.8. The molecule has 5 nitrogen and oxygen atoms in total. The molecule has 1 aromatic rings. The first kappa shape index (κ1) is 10.6. The summed E-state index contributed by atoms with van der Waals surface area (Å²) >= 11 is 0. The Morgan fingerprint density at radius 3 is 2.93 bits per heavy atom. The van der Waals surface area contributed by atoms with Gasteiger partial charge in [0.15, 0.2) is 0 Å². The van der Waals surface area contributed by atoms with E-state index in [1.54, 1.807) is 0 Å². The maximum absolute atomic E-state index is 6.03. The van der Waals surface area contributed by atoms with Gasteiger partial charge in [0.2, 0.25) is 0 Å². The molecule has 15 heavy (non-hydrogen) atoms. The predicted molar refractivity (Wildman–Crippen MR) is 56.1 cm³/mol. The minimum absolute atomic E-state index is 0.277. The van der Waals surface area contributed by atoms with Crippen LogP contribution in [0.15, 0.2) is 4.63 Å². The summed E-state index contributed by atoms with van der Waals surface area (Å²) in [6.07, 6.45) is 1.16. The van der Waals surface area contributed by atoms with Gasteiger partial charge >= 0.3 is 0 Å². The summed E-state index contributed by atoms with van der Waals surface area (Å²) in [4.78, 5) is 2.32. The van der Waals surface area contributed by atoms with E-state index in [0.717, 1.165) is 37.4 Å². The van der Waals surface area contributed by atoms with E-state index in [-0.39, 0.29) is 6.04 Å².